The molecule has 1 aromatic heterocycles. The second-order valence-electron chi connectivity index (χ2n) is 3.36. The highest BCUT2D eigenvalue weighted by atomic mass is 79.9. The van der Waals surface area contributed by atoms with Crippen LogP contribution < -0.4 is 11.5 Å². The molecule has 6 heteroatoms. The summed E-state index contributed by atoms with van der Waals surface area (Å²) in [5.41, 5.74) is 12.0. The van der Waals surface area contributed by atoms with Crippen molar-refractivity contribution in [3.63, 3.8) is 0 Å². The van der Waals surface area contributed by atoms with Gasteiger partial charge in [-0.1, -0.05) is 6.07 Å². The fraction of sp³-hybridized carbons (Fsp3) is 0. The van der Waals surface area contributed by atoms with Crippen molar-refractivity contribution in [2.75, 3.05) is 5.73 Å². The monoisotopic (exact) mass is 290 g/mol. The molecular weight excluding hydrogens is 284 g/mol. The average molecular weight is 291 g/mol. The predicted molar refractivity (Wildman–Crippen MR) is 67.1 cm³/mol. The first-order valence-electron chi connectivity index (χ1n) is 4.64. The Kier molecular flexibility index (Phi) is 2.69. The van der Waals surface area contributed by atoms with E-state index in [0.29, 0.717) is 20.9 Å². The van der Waals surface area contributed by atoms with E-state index >= 15 is 0 Å². The lowest BCUT2D eigenvalue weighted by Gasteiger charge is -2.08. The van der Waals surface area contributed by atoms with E-state index in [2.05, 4.69) is 20.9 Å². The van der Waals surface area contributed by atoms with Gasteiger partial charge in [0.15, 0.2) is 5.69 Å². The normalized spacial score (nSPS) is 10.1. The molecule has 0 aliphatic heterocycles. The molecule has 0 saturated carbocycles. The summed E-state index contributed by atoms with van der Waals surface area (Å²) >= 11 is 3.27. The summed E-state index contributed by atoms with van der Waals surface area (Å²) in [4.78, 5) is 15.2. The highest BCUT2D eigenvalue weighted by Crippen LogP contribution is 2.32. The fourth-order valence-electron chi connectivity index (χ4n) is 1.56. The van der Waals surface area contributed by atoms with E-state index in [4.69, 9.17) is 16.7 Å². The molecule has 0 aliphatic rings. The summed E-state index contributed by atoms with van der Waals surface area (Å²) in [6, 6.07) is 7.07. The standard InChI is InChI=1S/C11H7BrN4O/c12-8-7-5(4-13)2-1-3-6(7)16-10(9(8)14)11(15)17/h1-3H,14H2,(H2,15,17). The first-order valence-corrected chi connectivity index (χ1v) is 5.43. The first-order chi connectivity index (χ1) is 8.06. The zero-order valence-electron chi connectivity index (χ0n) is 8.57. The third-order valence-electron chi connectivity index (χ3n) is 2.34. The molecule has 2 aromatic rings. The van der Waals surface area contributed by atoms with E-state index in [1.54, 1.807) is 18.2 Å². The number of nitrogens with two attached hydrogens (primary N) is 2. The van der Waals surface area contributed by atoms with Crippen LogP contribution in [0.3, 0.4) is 0 Å². The maximum Gasteiger partial charge on any atom is 0.269 e. The van der Waals surface area contributed by atoms with Gasteiger partial charge in [0.05, 0.1) is 27.3 Å². The van der Waals surface area contributed by atoms with Crippen molar-refractivity contribution in [1.82, 2.24) is 4.98 Å². The summed E-state index contributed by atoms with van der Waals surface area (Å²) in [5.74, 6) is -0.701. The van der Waals surface area contributed by atoms with Crippen LogP contribution in [0.4, 0.5) is 5.69 Å². The van der Waals surface area contributed by atoms with Crippen molar-refractivity contribution in [2.24, 2.45) is 5.73 Å². The van der Waals surface area contributed by atoms with Gasteiger partial charge >= 0.3 is 0 Å². The summed E-state index contributed by atoms with van der Waals surface area (Å²) in [5, 5.41) is 9.58. The number of aromatic nitrogens is 1. The van der Waals surface area contributed by atoms with Gasteiger partial charge in [-0.25, -0.2) is 4.98 Å². The molecular formula is C11H7BrN4O. The number of carbonyl (C=O) groups excluding carboxylic acids is 1. The molecule has 0 aliphatic carbocycles. The number of nitrogen functional groups attached to an aromatic ring is 1. The Balaban J connectivity index is 2.97. The van der Waals surface area contributed by atoms with E-state index in [1.165, 1.54) is 0 Å². The fourth-order valence-corrected chi connectivity index (χ4v) is 2.17. The molecule has 0 spiro atoms. The Labute approximate surface area is 105 Å². The number of halogens is 1. The van der Waals surface area contributed by atoms with E-state index in [9.17, 15) is 4.79 Å². The minimum Gasteiger partial charge on any atom is -0.396 e. The summed E-state index contributed by atoms with van der Waals surface area (Å²) < 4.78 is 0.466. The molecule has 1 aromatic carbocycles. The van der Waals surface area contributed by atoms with Gasteiger partial charge in [-0.15, -0.1) is 0 Å². The lowest BCUT2D eigenvalue weighted by Crippen LogP contribution is -2.16. The Morgan fingerprint density at radius 1 is 1.47 bits per heavy atom. The number of benzene rings is 1. The van der Waals surface area contributed by atoms with Gasteiger partial charge in [-0.2, -0.15) is 5.26 Å². The smallest absolute Gasteiger partial charge is 0.269 e. The molecule has 0 unspecified atom stereocenters. The molecule has 1 heterocycles. The van der Waals surface area contributed by atoms with Crippen LogP contribution in [-0.2, 0) is 0 Å². The van der Waals surface area contributed by atoms with Crippen molar-refractivity contribution in [2.45, 2.75) is 0 Å². The predicted octanol–water partition coefficient (Wildman–Crippen LogP) is 1.55. The van der Waals surface area contributed by atoms with Crippen molar-refractivity contribution < 1.29 is 4.79 Å². The number of fused-ring (bicyclic) bond motifs is 1. The van der Waals surface area contributed by atoms with Crippen molar-refractivity contribution in [3.8, 4) is 6.07 Å². The van der Waals surface area contributed by atoms with Crippen LogP contribution in [0.2, 0.25) is 0 Å². The number of pyridine rings is 1. The Morgan fingerprint density at radius 2 is 2.18 bits per heavy atom. The number of nitrogens with zero attached hydrogens (tertiary/aromatic N) is 2. The van der Waals surface area contributed by atoms with Crippen LogP contribution in [-0.4, -0.2) is 10.9 Å². The number of amides is 1. The second kappa shape index (κ2) is 4.03. The molecule has 0 fully saturated rings. The lowest BCUT2D eigenvalue weighted by atomic mass is 10.1. The highest BCUT2D eigenvalue weighted by molar-refractivity contribution is 9.10. The largest absolute Gasteiger partial charge is 0.396 e. The van der Waals surface area contributed by atoms with Gasteiger partial charge < -0.3 is 11.5 Å². The third kappa shape index (κ3) is 1.70. The van der Waals surface area contributed by atoms with E-state index < -0.39 is 5.91 Å². The highest BCUT2D eigenvalue weighted by Gasteiger charge is 2.16. The molecule has 1 amide bonds. The number of carbonyl (C=O) groups is 1. The van der Waals surface area contributed by atoms with Gasteiger partial charge in [0.1, 0.15) is 0 Å². The first kappa shape index (κ1) is 11.4. The third-order valence-corrected chi connectivity index (χ3v) is 3.16. The van der Waals surface area contributed by atoms with Crippen LogP contribution in [0, 0.1) is 11.3 Å². The summed E-state index contributed by atoms with van der Waals surface area (Å²) in [6.07, 6.45) is 0. The Bertz CT molecular complexity index is 675. The number of rotatable bonds is 1. The molecule has 0 atom stereocenters. The van der Waals surface area contributed by atoms with Gasteiger partial charge in [0.2, 0.25) is 0 Å². The van der Waals surface area contributed by atoms with E-state index in [1.807, 2.05) is 6.07 Å². The number of primary amides is 1. The van der Waals surface area contributed by atoms with Gasteiger partial charge in [-0.3, -0.25) is 4.79 Å². The minimum atomic E-state index is -0.701. The molecule has 2 rings (SSSR count). The van der Waals surface area contributed by atoms with Gasteiger partial charge in [-0.05, 0) is 28.1 Å². The SMILES string of the molecule is N#Cc1cccc2nc(C(N)=O)c(N)c(Br)c12. The molecule has 84 valence electrons. The number of nitriles is 1. The minimum absolute atomic E-state index is 0.000496. The Hall–Kier alpha value is -2.13. The van der Waals surface area contributed by atoms with Crippen molar-refractivity contribution in [1.29, 1.82) is 5.26 Å². The zero-order valence-corrected chi connectivity index (χ0v) is 10.2. The van der Waals surface area contributed by atoms with E-state index in [-0.39, 0.29) is 11.4 Å². The molecule has 5 nitrogen and oxygen atoms in total. The lowest BCUT2D eigenvalue weighted by molar-refractivity contribution is 0.0997. The van der Waals surface area contributed by atoms with Gasteiger partial charge in [0, 0.05) is 5.39 Å². The maximum absolute atomic E-state index is 11.2. The van der Waals surface area contributed by atoms with Gasteiger partial charge in [0.25, 0.3) is 5.91 Å². The summed E-state index contributed by atoms with van der Waals surface area (Å²) in [7, 11) is 0. The molecule has 0 bridgehead atoms. The van der Waals surface area contributed by atoms with Crippen LogP contribution in [0.5, 0.6) is 0 Å². The average Bonchev–Trinajstić information content (AvgIpc) is 2.32. The number of hydrogen-bond acceptors (Lipinski definition) is 4. The molecule has 0 radical (unpaired) electrons. The van der Waals surface area contributed by atoms with Crippen molar-refractivity contribution >= 4 is 38.4 Å². The van der Waals surface area contributed by atoms with Crippen LogP contribution >= 0.6 is 15.9 Å². The van der Waals surface area contributed by atoms with Crippen LogP contribution in [0.25, 0.3) is 10.9 Å². The van der Waals surface area contributed by atoms with Crippen LogP contribution in [0.15, 0.2) is 22.7 Å². The van der Waals surface area contributed by atoms with E-state index in [0.717, 1.165) is 0 Å². The molecule has 17 heavy (non-hydrogen) atoms. The number of hydrogen-bond donors (Lipinski definition) is 2. The summed E-state index contributed by atoms with van der Waals surface area (Å²) in [6.45, 7) is 0. The zero-order chi connectivity index (χ0) is 12.6. The molecule has 0 saturated heterocycles. The molecule has 4 N–H and O–H groups in total. The second-order valence-corrected chi connectivity index (χ2v) is 4.16. The topological polar surface area (TPSA) is 106 Å². The maximum atomic E-state index is 11.2. The Morgan fingerprint density at radius 3 is 2.76 bits per heavy atom. The van der Waals surface area contributed by atoms with Crippen molar-refractivity contribution in [3.05, 3.63) is 33.9 Å². The quantitative estimate of drug-likeness (QED) is 0.831. The number of anilines is 1. The van der Waals surface area contributed by atoms with Crippen LogP contribution in [0.1, 0.15) is 16.1 Å².